The first kappa shape index (κ1) is 16.0. The van der Waals surface area contributed by atoms with Crippen LogP contribution in [0.25, 0.3) is 27.5 Å². The maximum atomic E-state index is 6.06. The summed E-state index contributed by atoms with van der Waals surface area (Å²) in [7, 11) is 0. The van der Waals surface area contributed by atoms with Crippen molar-refractivity contribution < 1.29 is 4.42 Å². The molecule has 0 N–H and O–H groups in total. The van der Waals surface area contributed by atoms with Crippen LogP contribution in [0.4, 0.5) is 0 Å². The Morgan fingerprint density at radius 2 is 1.88 bits per heavy atom. The average molecular weight is 367 g/mol. The van der Waals surface area contributed by atoms with Crippen LogP contribution in [0.15, 0.2) is 28.7 Å². The molecule has 0 saturated carbocycles. The number of aromatic nitrogens is 4. The predicted octanol–water partition coefficient (Wildman–Crippen LogP) is 4.28. The molecular formula is C19H21N5OS. The van der Waals surface area contributed by atoms with E-state index >= 15 is 0 Å². The Morgan fingerprint density at radius 1 is 1.08 bits per heavy atom. The van der Waals surface area contributed by atoms with Crippen molar-refractivity contribution in [3.8, 4) is 11.6 Å². The zero-order chi connectivity index (χ0) is 17.5. The molecule has 6 nitrogen and oxygen atoms in total. The zero-order valence-electron chi connectivity index (χ0n) is 14.8. The fourth-order valence-electron chi connectivity index (χ4n) is 3.74. The molecule has 5 rings (SSSR count). The molecule has 0 radical (unpaired) electrons. The van der Waals surface area contributed by atoms with Crippen LogP contribution in [-0.4, -0.2) is 37.8 Å². The monoisotopic (exact) mass is 367 g/mol. The van der Waals surface area contributed by atoms with Crippen molar-refractivity contribution in [2.24, 2.45) is 0 Å². The molecule has 0 atom stereocenters. The van der Waals surface area contributed by atoms with Crippen LogP contribution in [0.1, 0.15) is 36.3 Å². The third kappa shape index (κ3) is 2.71. The molecule has 0 unspecified atom stereocenters. The molecule has 26 heavy (non-hydrogen) atoms. The highest BCUT2D eigenvalue weighted by Gasteiger charge is 2.21. The normalized spacial score (nSPS) is 16.5. The number of hydrogen-bond donors (Lipinski definition) is 0. The van der Waals surface area contributed by atoms with Crippen molar-refractivity contribution in [3.05, 3.63) is 34.8 Å². The highest BCUT2D eigenvalue weighted by atomic mass is 32.1. The maximum absolute atomic E-state index is 6.06. The van der Waals surface area contributed by atoms with Crippen LogP contribution in [0, 0.1) is 6.92 Å². The van der Waals surface area contributed by atoms with Crippen LogP contribution < -0.4 is 0 Å². The van der Waals surface area contributed by atoms with Crippen LogP contribution in [-0.2, 0) is 6.54 Å². The number of aryl methyl sites for hydroxylation is 1. The molecule has 1 fully saturated rings. The predicted molar refractivity (Wildman–Crippen MR) is 102 cm³/mol. The minimum Gasteiger partial charge on any atom is -0.452 e. The molecule has 7 heteroatoms. The summed E-state index contributed by atoms with van der Waals surface area (Å²) in [6.45, 7) is 5.28. The molecule has 0 amide bonds. The Balaban J connectivity index is 1.50. The van der Waals surface area contributed by atoms with E-state index in [9.17, 15) is 0 Å². The van der Waals surface area contributed by atoms with Crippen molar-refractivity contribution in [2.45, 2.75) is 39.2 Å². The van der Waals surface area contributed by atoms with Crippen LogP contribution >= 0.6 is 11.3 Å². The van der Waals surface area contributed by atoms with E-state index in [-0.39, 0.29) is 0 Å². The first-order valence-corrected chi connectivity index (χ1v) is 10.0. The van der Waals surface area contributed by atoms with Crippen molar-refractivity contribution in [3.63, 3.8) is 0 Å². The molecule has 0 bridgehead atoms. The van der Waals surface area contributed by atoms with Crippen molar-refractivity contribution >= 4 is 27.3 Å². The molecule has 134 valence electrons. The van der Waals surface area contributed by atoms with Gasteiger partial charge in [0.2, 0.25) is 10.8 Å². The molecule has 4 aromatic rings. The lowest BCUT2D eigenvalue weighted by molar-refractivity contribution is 0.275. The van der Waals surface area contributed by atoms with E-state index in [4.69, 9.17) is 9.52 Å². The average Bonchev–Trinajstić information content (AvgIpc) is 3.23. The van der Waals surface area contributed by atoms with E-state index in [1.807, 2.05) is 22.7 Å². The number of para-hydroxylation sites is 1. The number of fused-ring (bicyclic) bond motifs is 2. The summed E-state index contributed by atoms with van der Waals surface area (Å²) in [5, 5.41) is 15.7. The Hall–Kier alpha value is -2.25. The highest BCUT2D eigenvalue weighted by Crippen LogP contribution is 2.32. The van der Waals surface area contributed by atoms with E-state index in [0.717, 1.165) is 51.9 Å². The summed E-state index contributed by atoms with van der Waals surface area (Å²) in [5.41, 5.74) is 1.95. The molecule has 3 aromatic heterocycles. The Bertz CT molecular complexity index is 1050. The van der Waals surface area contributed by atoms with Gasteiger partial charge in [-0.2, -0.15) is 9.61 Å². The van der Waals surface area contributed by atoms with Crippen molar-refractivity contribution in [1.29, 1.82) is 0 Å². The molecule has 0 aliphatic carbocycles. The van der Waals surface area contributed by atoms with Crippen LogP contribution in [0.5, 0.6) is 0 Å². The summed E-state index contributed by atoms with van der Waals surface area (Å²) in [4.78, 5) is 3.33. The lowest BCUT2D eigenvalue weighted by Gasteiger charge is -2.17. The Labute approximate surface area is 155 Å². The van der Waals surface area contributed by atoms with E-state index < -0.39 is 0 Å². The van der Waals surface area contributed by atoms with Gasteiger partial charge in [-0.3, -0.25) is 4.90 Å². The molecule has 1 saturated heterocycles. The van der Waals surface area contributed by atoms with Crippen molar-refractivity contribution in [2.75, 3.05) is 13.1 Å². The Morgan fingerprint density at radius 3 is 2.69 bits per heavy atom. The summed E-state index contributed by atoms with van der Waals surface area (Å²) in [6.07, 6.45) is 5.26. The number of rotatable bonds is 3. The zero-order valence-corrected chi connectivity index (χ0v) is 15.6. The van der Waals surface area contributed by atoms with E-state index in [0.29, 0.717) is 5.82 Å². The third-order valence-electron chi connectivity index (χ3n) is 5.14. The van der Waals surface area contributed by atoms with Gasteiger partial charge in [0.25, 0.3) is 0 Å². The fourth-order valence-corrected chi connectivity index (χ4v) is 4.61. The van der Waals surface area contributed by atoms with Gasteiger partial charge in [0.15, 0.2) is 5.76 Å². The number of benzene rings is 1. The van der Waals surface area contributed by atoms with Gasteiger partial charge in [0, 0.05) is 10.9 Å². The number of hydrogen-bond acceptors (Lipinski definition) is 6. The van der Waals surface area contributed by atoms with Gasteiger partial charge in [0.05, 0.1) is 6.54 Å². The lowest BCUT2D eigenvalue weighted by atomic mass is 10.1. The molecule has 1 aromatic carbocycles. The van der Waals surface area contributed by atoms with Gasteiger partial charge in [-0.25, -0.2) is 0 Å². The summed E-state index contributed by atoms with van der Waals surface area (Å²) in [6, 6.07) is 8.06. The quantitative estimate of drug-likeness (QED) is 0.541. The number of furan rings is 1. The molecule has 1 aliphatic rings. The van der Waals surface area contributed by atoms with Gasteiger partial charge in [-0.1, -0.05) is 42.4 Å². The minimum atomic E-state index is 0.687. The van der Waals surface area contributed by atoms with E-state index in [1.54, 1.807) is 11.3 Å². The number of nitrogens with zero attached hydrogens (tertiary/aromatic N) is 5. The van der Waals surface area contributed by atoms with Crippen LogP contribution in [0.2, 0.25) is 0 Å². The largest absolute Gasteiger partial charge is 0.452 e. The topological polar surface area (TPSA) is 59.5 Å². The van der Waals surface area contributed by atoms with Gasteiger partial charge >= 0.3 is 0 Å². The van der Waals surface area contributed by atoms with Crippen molar-refractivity contribution in [1.82, 2.24) is 24.7 Å². The standard InChI is InChI=1S/C19H21N5OS/c1-13-14-8-4-5-9-15(14)25-17(13)18-20-21-19-24(18)22-16(26-19)12-23-10-6-2-3-7-11-23/h4-5,8-9H,2-3,6-7,10-12H2,1H3. The van der Waals surface area contributed by atoms with Gasteiger partial charge in [0.1, 0.15) is 10.6 Å². The van der Waals surface area contributed by atoms with E-state index in [1.165, 1.54) is 25.7 Å². The second-order valence-corrected chi connectivity index (χ2v) is 8.00. The lowest BCUT2D eigenvalue weighted by Crippen LogP contribution is -2.23. The maximum Gasteiger partial charge on any atom is 0.235 e. The molecular weight excluding hydrogens is 346 g/mol. The van der Waals surface area contributed by atoms with Crippen LogP contribution in [0.3, 0.4) is 0 Å². The molecule has 0 spiro atoms. The number of likely N-dealkylation sites (tertiary alicyclic amines) is 1. The third-order valence-corrected chi connectivity index (χ3v) is 6.02. The highest BCUT2D eigenvalue weighted by molar-refractivity contribution is 7.16. The summed E-state index contributed by atoms with van der Waals surface area (Å²) >= 11 is 1.62. The van der Waals surface area contributed by atoms with Gasteiger partial charge in [-0.15, -0.1) is 10.2 Å². The smallest absolute Gasteiger partial charge is 0.235 e. The molecule has 4 heterocycles. The second kappa shape index (κ2) is 6.48. The first-order valence-electron chi connectivity index (χ1n) is 9.21. The molecule has 1 aliphatic heterocycles. The van der Waals surface area contributed by atoms with E-state index in [2.05, 4.69) is 28.1 Å². The first-order chi connectivity index (χ1) is 12.8. The summed E-state index contributed by atoms with van der Waals surface area (Å²) < 4.78 is 7.89. The second-order valence-electron chi connectivity index (χ2n) is 6.96. The van der Waals surface area contributed by atoms with Gasteiger partial charge in [-0.05, 0) is 38.9 Å². The SMILES string of the molecule is Cc1c(-c2nnc3sc(CN4CCCCCC4)nn23)oc2ccccc12. The summed E-state index contributed by atoms with van der Waals surface area (Å²) in [5.74, 6) is 1.44. The van der Waals surface area contributed by atoms with Gasteiger partial charge < -0.3 is 4.42 Å². The Kier molecular flexibility index (Phi) is 3.98. The fraction of sp³-hybridized carbons (Fsp3) is 0.421. The minimum absolute atomic E-state index is 0.687.